The summed E-state index contributed by atoms with van der Waals surface area (Å²) in [6.07, 6.45) is -4.98. The zero-order valence-corrected chi connectivity index (χ0v) is 17.1. The van der Waals surface area contributed by atoms with Crippen LogP contribution in [0.2, 0.25) is 10.0 Å². The highest BCUT2D eigenvalue weighted by molar-refractivity contribution is 7.17. The Kier molecular flexibility index (Phi) is 6.01. The molecule has 14 heteroatoms. The molecule has 1 amide bonds. The number of nitrogens with zero attached hydrogens (tertiary/aromatic N) is 4. The molecule has 0 spiro atoms. The number of alkyl halides is 3. The fourth-order valence-corrected chi connectivity index (χ4v) is 3.54. The van der Waals surface area contributed by atoms with E-state index < -0.39 is 33.8 Å². The zero-order chi connectivity index (χ0) is 22.2. The Balaban J connectivity index is 1.82. The smallest absolute Gasteiger partial charge is 0.435 e. The average molecular weight is 480 g/mol. The quantitative estimate of drug-likeness (QED) is 0.562. The first kappa shape index (κ1) is 22.0. The number of benzene rings is 1. The molecule has 0 bridgehead atoms. The Hall–Kier alpha value is -2.70. The number of halogens is 5. The van der Waals surface area contributed by atoms with Crippen molar-refractivity contribution in [2.24, 2.45) is 0 Å². The van der Waals surface area contributed by atoms with E-state index in [0.717, 1.165) is 5.56 Å². The standard InChI is InChI=1S/C16H10Cl2F3N5O3S/c1-6-10(24-25-26(6)5-7-2-3-8(17)9(18)4-7)13(27)23-15-22-12(16(19,20)21)11(30-15)14(28)29/h2-4H,5H2,1H3,(H,28,29)(H,22,23,27). The van der Waals surface area contributed by atoms with Gasteiger partial charge in [0.15, 0.2) is 16.5 Å². The van der Waals surface area contributed by atoms with Crippen LogP contribution in [0.15, 0.2) is 18.2 Å². The molecule has 0 aliphatic carbocycles. The van der Waals surface area contributed by atoms with Crippen LogP contribution in [0.3, 0.4) is 0 Å². The van der Waals surface area contributed by atoms with Crippen LogP contribution >= 0.6 is 34.5 Å². The summed E-state index contributed by atoms with van der Waals surface area (Å²) >= 11 is 12.0. The number of aromatic nitrogens is 4. The number of hydrogen-bond donors (Lipinski definition) is 2. The number of thiazole rings is 1. The molecule has 8 nitrogen and oxygen atoms in total. The predicted octanol–water partition coefficient (Wildman–Crippen LogP) is 4.37. The molecule has 0 saturated carbocycles. The number of rotatable bonds is 5. The minimum absolute atomic E-state index is 0.157. The number of anilines is 1. The van der Waals surface area contributed by atoms with Crippen molar-refractivity contribution < 1.29 is 27.9 Å². The van der Waals surface area contributed by atoms with E-state index in [2.05, 4.69) is 20.6 Å². The summed E-state index contributed by atoms with van der Waals surface area (Å²) in [6, 6.07) is 4.92. The van der Waals surface area contributed by atoms with Crippen LogP contribution in [0.5, 0.6) is 0 Å². The monoisotopic (exact) mass is 479 g/mol. The number of hydrogen-bond acceptors (Lipinski definition) is 6. The third-order valence-corrected chi connectivity index (χ3v) is 5.52. The Morgan fingerprint density at radius 2 is 1.97 bits per heavy atom. The Morgan fingerprint density at radius 3 is 2.53 bits per heavy atom. The van der Waals surface area contributed by atoms with E-state index >= 15 is 0 Å². The zero-order valence-electron chi connectivity index (χ0n) is 14.8. The summed E-state index contributed by atoms with van der Waals surface area (Å²) in [5.41, 5.74) is -0.694. The van der Waals surface area contributed by atoms with E-state index in [0.29, 0.717) is 15.7 Å². The maximum Gasteiger partial charge on any atom is 0.435 e. The predicted molar refractivity (Wildman–Crippen MR) is 102 cm³/mol. The molecule has 0 unspecified atom stereocenters. The van der Waals surface area contributed by atoms with Crippen molar-refractivity contribution in [1.82, 2.24) is 20.0 Å². The van der Waals surface area contributed by atoms with Crippen molar-refractivity contribution in [3.63, 3.8) is 0 Å². The summed E-state index contributed by atoms with van der Waals surface area (Å²) in [7, 11) is 0. The van der Waals surface area contributed by atoms with Gasteiger partial charge in [0, 0.05) is 0 Å². The van der Waals surface area contributed by atoms with Crippen LogP contribution in [0.25, 0.3) is 0 Å². The van der Waals surface area contributed by atoms with E-state index in [1.807, 2.05) is 0 Å². The Labute approximate surface area is 180 Å². The molecule has 3 rings (SSSR count). The first-order valence-electron chi connectivity index (χ1n) is 7.94. The third-order valence-electron chi connectivity index (χ3n) is 3.82. The van der Waals surface area contributed by atoms with Gasteiger partial charge in [-0.3, -0.25) is 10.1 Å². The first-order valence-corrected chi connectivity index (χ1v) is 9.51. The lowest BCUT2D eigenvalue weighted by molar-refractivity contribution is -0.141. The molecule has 2 heterocycles. The van der Waals surface area contributed by atoms with Gasteiger partial charge in [0.1, 0.15) is 4.88 Å². The van der Waals surface area contributed by atoms with E-state index in [-0.39, 0.29) is 23.6 Å². The maximum absolute atomic E-state index is 12.9. The molecule has 0 aliphatic heterocycles. The Morgan fingerprint density at radius 1 is 1.27 bits per heavy atom. The number of amides is 1. The van der Waals surface area contributed by atoms with Gasteiger partial charge in [-0.25, -0.2) is 14.5 Å². The van der Waals surface area contributed by atoms with Gasteiger partial charge in [-0.2, -0.15) is 13.2 Å². The van der Waals surface area contributed by atoms with Gasteiger partial charge < -0.3 is 5.11 Å². The molecule has 2 N–H and O–H groups in total. The highest BCUT2D eigenvalue weighted by Gasteiger charge is 2.40. The molecule has 0 atom stereocenters. The SMILES string of the molecule is Cc1c(C(=O)Nc2nc(C(F)(F)F)c(C(=O)O)s2)nnn1Cc1ccc(Cl)c(Cl)c1. The van der Waals surface area contributed by atoms with E-state index in [9.17, 15) is 22.8 Å². The lowest BCUT2D eigenvalue weighted by Gasteiger charge is -2.05. The Bertz CT molecular complexity index is 1150. The van der Waals surface area contributed by atoms with Crippen LogP contribution < -0.4 is 5.32 Å². The minimum atomic E-state index is -4.98. The number of carbonyl (C=O) groups is 2. The number of nitrogens with one attached hydrogen (secondary N) is 1. The molecular formula is C16H10Cl2F3N5O3S. The molecular weight excluding hydrogens is 470 g/mol. The second-order valence-corrected chi connectivity index (χ2v) is 7.70. The summed E-state index contributed by atoms with van der Waals surface area (Å²) in [5.74, 6) is -2.68. The van der Waals surface area contributed by atoms with E-state index in [1.54, 1.807) is 18.2 Å². The summed E-state index contributed by atoms with van der Waals surface area (Å²) in [6.45, 7) is 1.75. The van der Waals surface area contributed by atoms with Gasteiger partial charge in [0.2, 0.25) is 0 Å². The normalized spacial score (nSPS) is 11.5. The molecule has 0 radical (unpaired) electrons. The molecule has 2 aromatic heterocycles. The lowest BCUT2D eigenvalue weighted by Crippen LogP contribution is -2.15. The second kappa shape index (κ2) is 8.20. The van der Waals surface area contributed by atoms with Crippen molar-refractivity contribution >= 4 is 51.5 Å². The lowest BCUT2D eigenvalue weighted by atomic mass is 10.2. The van der Waals surface area contributed by atoms with Crippen molar-refractivity contribution in [3.05, 3.63) is 55.8 Å². The molecule has 0 aliphatic rings. The van der Waals surface area contributed by atoms with Gasteiger partial charge in [-0.15, -0.1) is 5.10 Å². The van der Waals surface area contributed by atoms with Gasteiger partial charge in [-0.1, -0.05) is 45.8 Å². The van der Waals surface area contributed by atoms with Crippen molar-refractivity contribution in [2.45, 2.75) is 19.6 Å². The van der Waals surface area contributed by atoms with Gasteiger partial charge in [0.25, 0.3) is 5.91 Å². The van der Waals surface area contributed by atoms with Crippen molar-refractivity contribution in [2.75, 3.05) is 5.32 Å². The van der Waals surface area contributed by atoms with Crippen molar-refractivity contribution in [1.29, 1.82) is 0 Å². The number of carboxylic acid groups (broad SMARTS) is 1. The summed E-state index contributed by atoms with van der Waals surface area (Å²) in [4.78, 5) is 25.6. The van der Waals surface area contributed by atoms with Crippen LogP contribution in [-0.2, 0) is 12.7 Å². The van der Waals surface area contributed by atoms with Gasteiger partial charge in [0.05, 0.1) is 22.3 Å². The van der Waals surface area contributed by atoms with Gasteiger partial charge in [-0.05, 0) is 24.6 Å². The number of carbonyl (C=O) groups excluding carboxylic acids is 1. The summed E-state index contributed by atoms with van der Waals surface area (Å²) in [5, 5.41) is 18.8. The highest BCUT2D eigenvalue weighted by atomic mass is 35.5. The van der Waals surface area contributed by atoms with Crippen LogP contribution in [0.4, 0.5) is 18.3 Å². The van der Waals surface area contributed by atoms with E-state index in [1.165, 1.54) is 11.6 Å². The fourth-order valence-electron chi connectivity index (χ4n) is 2.40. The van der Waals surface area contributed by atoms with E-state index in [4.69, 9.17) is 28.3 Å². The van der Waals surface area contributed by atoms with Crippen molar-refractivity contribution in [3.8, 4) is 0 Å². The number of aromatic carboxylic acids is 1. The largest absolute Gasteiger partial charge is 0.477 e. The molecule has 0 saturated heterocycles. The molecule has 1 aromatic carbocycles. The number of carboxylic acids is 1. The third kappa shape index (κ3) is 4.55. The topological polar surface area (TPSA) is 110 Å². The van der Waals surface area contributed by atoms with Crippen LogP contribution in [0, 0.1) is 6.92 Å². The molecule has 30 heavy (non-hydrogen) atoms. The molecule has 0 fully saturated rings. The minimum Gasteiger partial charge on any atom is -0.477 e. The maximum atomic E-state index is 12.9. The fraction of sp³-hybridized carbons (Fsp3) is 0.188. The highest BCUT2D eigenvalue weighted by Crippen LogP contribution is 2.36. The second-order valence-electron chi connectivity index (χ2n) is 5.88. The van der Waals surface area contributed by atoms with Crippen LogP contribution in [-0.4, -0.2) is 37.0 Å². The first-order chi connectivity index (χ1) is 14.0. The van der Waals surface area contributed by atoms with Gasteiger partial charge >= 0.3 is 12.1 Å². The molecule has 158 valence electrons. The molecule has 3 aromatic rings. The summed E-state index contributed by atoms with van der Waals surface area (Å²) < 4.78 is 40.2. The average Bonchev–Trinajstić information content (AvgIpc) is 3.22. The van der Waals surface area contributed by atoms with Crippen LogP contribution in [0.1, 0.15) is 37.1 Å².